The summed E-state index contributed by atoms with van der Waals surface area (Å²) < 4.78 is 13.0. The Bertz CT molecular complexity index is 553. The van der Waals surface area contributed by atoms with Crippen molar-refractivity contribution in [3.05, 3.63) is 12.5 Å². The molecule has 0 aromatic carbocycles. The SMILES string of the molecule is CC(CNc1ncnc2c1cnn2C)S(C)=O. The van der Waals surface area contributed by atoms with E-state index in [1.165, 1.54) is 6.33 Å². The van der Waals surface area contributed by atoms with Crippen LogP contribution >= 0.6 is 0 Å². The molecule has 0 saturated carbocycles. The molecular formula is C10H15N5OS. The van der Waals surface area contributed by atoms with Gasteiger partial charge in [0.05, 0.1) is 11.6 Å². The highest BCUT2D eigenvalue weighted by molar-refractivity contribution is 7.84. The van der Waals surface area contributed by atoms with Crippen LogP contribution in [0.5, 0.6) is 0 Å². The monoisotopic (exact) mass is 253 g/mol. The van der Waals surface area contributed by atoms with E-state index in [0.29, 0.717) is 6.54 Å². The Morgan fingerprint density at radius 3 is 3.00 bits per heavy atom. The van der Waals surface area contributed by atoms with Crippen LogP contribution in [0.4, 0.5) is 5.82 Å². The molecule has 2 unspecified atom stereocenters. The van der Waals surface area contributed by atoms with Crippen molar-refractivity contribution in [1.29, 1.82) is 0 Å². The van der Waals surface area contributed by atoms with Gasteiger partial charge < -0.3 is 5.32 Å². The maximum atomic E-state index is 11.3. The lowest BCUT2D eigenvalue weighted by Crippen LogP contribution is -2.21. The number of aromatic nitrogens is 4. The molecule has 0 aliphatic rings. The van der Waals surface area contributed by atoms with E-state index < -0.39 is 10.8 Å². The van der Waals surface area contributed by atoms with Crippen LogP contribution in [0.15, 0.2) is 12.5 Å². The van der Waals surface area contributed by atoms with Crippen LogP contribution in [0.1, 0.15) is 6.92 Å². The molecule has 2 aromatic rings. The number of nitrogens with zero attached hydrogens (tertiary/aromatic N) is 4. The molecule has 7 heteroatoms. The van der Waals surface area contributed by atoms with E-state index in [0.717, 1.165) is 16.9 Å². The highest BCUT2D eigenvalue weighted by Crippen LogP contribution is 2.17. The lowest BCUT2D eigenvalue weighted by molar-refractivity contribution is 0.679. The van der Waals surface area contributed by atoms with Crippen molar-refractivity contribution in [3.8, 4) is 0 Å². The summed E-state index contributed by atoms with van der Waals surface area (Å²) in [6.45, 7) is 2.55. The molecular weight excluding hydrogens is 238 g/mol. The van der Waals surface area contributed by atoms with Gasteiger partial charge in [0.2, 0.25) is 0 Å². The summed E-state index contributed by atoms with van der Waals surface area (Å²) in [5.41, 5.74) is 0.785. The highest BCUT2D eigenvalue weighted by Gasteiger charge is 2.10. The highest BCUT2D eigenvalue weighted by atomic mass is 32.2. The molecule has 17 heavy (non-hydrogen) atoms. The second kappa shape index (κ2) is 4.79. The Kier molecular flexibility index (Phi) is 3.37. The van der Waals surface area contributed by atoms with Crippen LogP contribution < -0.4 is 5.32 Å². The van der Waals surface area contributed by atoms with Gasteiger partial charge in [0.15, 0.2) is 5.65 Å². The summed E-state index contributed by atoms with van der Waals surface area (Å²) in [7, 11) is 0.997. The van der Waals surface area contributed by atoms with Crippen molar-refractivity contribution in [2.24, 2.45) is 7.05 Å². The Labute approximate surface area is 102 Å². The Hall–Kier alpha value is -1.50. The zero-order chi connectivity index (χ0) is 12.4. The fraction of sp³-hybridized carbons (Fsp3) is 0.500. The molecule has 0 saturated heterocycles. The summed E-state index contributed by atoms with van der Waals surface area (Å²) in [6.07, 6.45) is 4.93. The number of hydrogen-bond donors (Lipinski definition) is 1. The molecule has 0 bridgehead atoms. The molecule has 1 N–H and O–H groups in total. The Morgan fingerprint density at radius 1 is 1.53 bits per heavy atom. The topological polar surface area (TPSA) is 72.7 Å². The standard InChI is InChI=1S/C10H15N5OS/c1-7(17(3)16)4-11-9-8-5-14-15(2)10(8)13-6-12-9/h5-7H,4H2,1-3H3,(H,11,12,13). The molecule has 2 aromatic heterocycles. The van der Waals surface area contributed by atoms with Gasteiger partial charge in [0.25, 0.3) is 0 Å². The maximum absolute atomic E-state index is 11.3. The van der Waals surface area contributed by atoms with Gasteiger partial charge in [-0.2, -0.15) is 5.10 Å². The Morgan fingerprint density at radius 2 is 2.29 bits per heavy atom. The average molecular weight is 253 g/mol. The van der Waals surface area contributed by atoms with E-state index in [9.17, 15) is 4.21 Å². The molecule has 6 nitrogen and oxygen atoms in total. The molecule has 0 fully saturated rings. The van der Waals surface area contributed by atoms with Gasteiger partial charge in [-0.1, -0.05) is 0 Å². The fourth-order valence-corrected chi connectivity index (χ4v) is 1.78. The lowest BCUT2D eigenvalue weighted by Gasteiger charge is -2.10. The zero-order valence-electron chi connectivity index (χ0n) is 10.0. The summed E-state index contributed by atoms with van der Waals surface area (Å²) in [4.78, 5) is 8.33. The number of rotatable bonds is 4. The Balaban J connectivity index is 2.21. The molecule has 0 amide bonds. The molecule has 2 rings (SSSR count). The minimum absolute atomic E-state index is 0.0803. The number of nitrogens with one attached hydrogen (secondary N) is 1. The summed E-state index contributed by atoms with van der Waals surface area (Å²) in [5, 5.41) is 8.28. The molecule has 2 heterocycles. The van der Waals surface area contributed by atoms with Crippen molar-refractivity contribution >= 4 is 27.7 Å². The van der Waals surface area contributed by atoms with Gasteiger partial charge in [0.1, 0.15) is 12.1 Å². The predicted octanol–water partition coefficient (Wildman–Crippen LogP) is 0.542. The summed E-state index contributed by atoms with van der Waals surface area (Å²) in [5.74, 6) is 0.736. The third kappa shape index (κ3) is 2.44. The number of fused-ring (bicyclic) bond motifs is 1. The van der Waals surface area contributed by atoms with Crippen LogP contribution in [0.2, 0.25) is 0 Å². The van der Waals surface area contributed by atoms with E-state index in [2.05, 4.69) is 20.4 Å². The van der Waals surface area contributed by atoms with E-state index in [1.807, 2.05) is 14.0 Å². The molecule has 0 aliphatic heterocycles. The van der Waals surface area contributed by atoms with Gasteiger partial charge in [-0.25, -0.2) is 9.97 Å². The number of anilines is 1. The van der Waals surface area contributed by atoms with Crippen molar-refractivity contribution in [1.82, 2.24) is 19.7 Å². The van der Waals surface area contributed by atoms with Crippen molar-refractivity contribution in [2.75, 3.05) is 18.1 Å². The number of hydrogen-bond acceptors (Lipinski definition) is 5. The van der Waals surface area contributed by atoms with Gasteiger partial charge in [-0.05, 0) is 6.92 Å². The van der Waals surface area contributed by atoms with Gasteiger partial charge in [0, 0.05) is 35.9 Å². The maximum Gasteiger partial charge on any atom is 0.163 e. The molecule has 0 radical (unpaired) electrons. The molecule has 0 aliphatic carbocycles. The largest absolute Gasteiger partial charge is 0.368 e. The number of aryl methyl sites for hydroxylation is 1. The summed E-state index contributed by atoms with van der Waals surface area (Å²) in [6, 6.07) is 0. The van der Waals surface area contributed by atoms with Crippen molar-refractivity contribution in [2.45, 2.75) is 12.2 Å². The van der Waals surface area contributed by atoms with Crippen molar-refractivity contribution < 1.29 is 4.21 Å². The molecule has 2 atom stereocenters. The first-order chi connectivity index (χ1) is 8.09. The quantitative estimate of drug-likeness (QED) is 0.861. The third-order valence-corrected chi connectivity index (χ3v) is 3.95. The lowest BCUT2D eigenvalue weighted by atomic mass is 10.4. The van der Waals surface area contributed by atoms with Crippen LogP contribution in [-0.2, 0) is 17.8 Å². The normalized spacial score (nSPS) is 14.8. The predicted molar refractivity (Wildman–Crippen MR) is 68.3 cm³/mol. The first-order valence-corrected chi connectivity index (χ1v) is 6.90. The molecule has 0 spiro atoms. The smallest absolute Gasteiger partial charge is 0.163 e. The van der Waals surface area contributed by atoms with E-state index in [4.69, 9.17) is 0 Å². The first-order valence-electron chi connectivity index (χ1n) is 5.28. The van der Waals surface area contributed by atoms with E-state index >= 15 is 0 Å². The van der Waals surface area contributed by atoms with Gasteiger partial charge >= 0.3 is 0 Å². The first kappa shape index (κ1) is 12.0. The molecule has 92 valence electrons. The fourth-order valence-electron chi connectivity index (χ4n) is 1.46. The van der Waals surface area contributed by atoms with Gasteiger partial charge in [-0.3, -0.25) is 8.89 Å². The van der Waals surface area contributed by atoms with Crippen molar-refractivity contribution in [3.63, 3.8) is 0 Å². The van der Waals surface area contributed by atoms with Crippen LogP contribution in [0, 0.1) is 0 Å². The van der Waals surface area contributed by atoms with Crippen LogP contribution in [-0.4, -0.2) is 42.0 Å². The minimum atomic E-state index is -0.839. The zero-order valence-corrected chi connectivity index (χ0v) is 10.9. The second-order valence-electron chi connectivity index (χ2n) is 3.92. The van der Waals surface area contributed by atoms with Gasteiger partial charge in [-0.15, -0.1) is 0 Å². The van der Waals surface area contributed by atoms with Crippen LogP contribution in [0.25, 0.3) is 11.0 Å². The van der Waals surface area contributed by atoms with E-state index in [-0.39, 0.29) is 5.25 Å². The van der Waals surface area contributed by atoms with Crippen LogP contribution in [0.3, 0.4) is 0 Å². The minimum Gasteiger partial charge on any atom is -0.368 e. The second-order valence-corrected chi connectivity index (χ2v) is 5.72. The summed E-state index contributed by atoms with van der Waals surface area (Å²) >= 11 is 0. The third-order valence-electron chi connectivity index (χ3n) is 2.65. The average Bonchev–Trinajstić information content (AvgIpc) is 2.69. The van der Waals surface area contributed by atoms with E-state index in [1.54, 1.807) is 17.1 Å².